The Morgan fingerprint density at radius 3 is 2.60 bits per heavy atom. The van der Waals surface area contributed by atoms with Gasteiger partial charge in [-0.3, -0.25) is 4.79 Å². The summed E-state index contributed by atoms with van der Waals surface area (Å²) in [6.07, 6.45) is 0. The van der Waals surface area contributed by atoms with Crippen molar-refractivity contribution in [1.29, 1.82) is 0 Å². The fourth-order valence-corrected chi connectivity index (χ4v) is 1.57. The number of amides is 1. The van der Waals surface area contributed by atoms with Crippen molar-refractivity contribution in [3.63, 3.8) is 0 Å². The minimum atomic E-state index is -0.361. The van der Waals surface area contributed by atoms with Gasteiger partial charge in [0, 0.05) is 18.2 Å². The molecule has 5 heteroatoms. The third-order valence-corrected chi connectivity index (χ3v) is 2.94. The zero-order valence-electron chi connectivity index (χ0n) is 12.6. The summed E-state index contributed by atoms with van der Waals surface area (Å²) in [5.74, 6) is 0.844. The van der Waals surface area contributed by atoms with Gasteiger partial charge in [-0.25, -0.2) is 0 Å². The van der Waals surface area contributed by atoms with Crippen LogP contribution in [-0.2, 0) is 11.3 Å². The maximum atomic E-state index is 11.0. The zero-order chi connectivity index (χ0) is 15.1. The first kappa shape index (κ1) is 16.3. The molecule has 0 saturated carbocycles. The van der Waals surface area contributed by atoms with Crippen LogP contribution in [0.1, 0.15) is 26.3 Å². The van der Waals surface area contributed by atoms with E-state index in [1.807, 2.05) is 18.2 Å². The first-order chi connectivity index (χ1) is 9.43. The zero-order valence-corrected chi connectivity index (χ0v) is 12.6. The predicted octanol–water partition coefficient (Wildman–Crippen LogP) is 1.69. The number of primary amides is 1. The smallest absolute Gasteiger partial charge is 0.223 e. The molecule has 20 heavy (non-hydrogen) atoms. The largest absolute Gasteiger partial charge is 0.497 e. The lowest BCUT2D eigenvalue weighted by Gasteiger charge is -2.16. The molecule has 0 aliphatic heterocycles. The number of methoxy groups -OCH3 is 1. The SMILES string of the molecule is COc1ccc(OCC(C)C(N)=O)c(CNC(C)C)c1. The Hall–Kier alpha value is -1.75. The molecule has 0 aliphatic carbocycles. The third-order valence-electron chi connectivity index (χ3n) is 2.94. The van der Waals surface area contributed by atoms with Crippen LogP contribution < -0.4 is 20.5 Å². The number of rotatable bonds is 8. The van der Waals surface area contributed by atoms with E-state index in [9.17, 15) is 4.79 Å². The van der Waals surface area contributed by atoms with Crippen LogP contribution in [0, 0.1) is 5.92 Å². The molecule has 1 unspecified atom stereocenters. The van der Waals surface area contributed by atoms with E-state index >= 15 is 0 Å². The molecule has 112 valence electrons. The second kappa shape index (κ2) is 7.75. The Labute approximate surface area is 120 Å². The summed E-state index contributed by atoms with van der Waals surface area (Å²) in [4.78, 5) is 11.0. The highest BCUT2D eigenvalue weighted by Crippen LogP contribution is 2.24. The molecule has 0 heterocycles. The number of carbonyl (C=O) groups excluding carboxylic acids is 1. The molecule has 0 aliphatic rings. The third kappa shape index (κ3) is 5.09. The van der Waals surface area contributed by atoms with Gasteiger partial charge in [-0.2, -0.15) is 0 Å². The average molecular weight is 280 g/mol. The Morgan fingerprint density at radius 2 is 2.05 bits per heavy atom. The van der Waals surface area contributed by atoms with Gasteiger partial charge in [0.1, 0.15) is 11.5 Å². The quantitative estimate of drug-likeness (QED) is 0.760. The fraction of sp³-hybridized carbons (Fsp3) is 0.533. The number of nitrogens with one attached hydrogen (secondary N) is 1. The van der Waals surface area contributed by atoms with E-state index in [0.29, 0.717) is 12.6 Å². The van der Waals surface area contributed by atoms with Gasteiger partial charge < -0.3 is 20.5 Å². The summed E-state index contributed by atoms with van der Waals surface area (Å²) in [6.45, 7) is 6.86. The molecule has 0 spiro atoms. The molecule has 1 amide bonds. The van der Waals surface area contributed by atoms with Gasteiger partial charge >= 0.3 is 0 Å². The molecule has 0 bridgehead atoms. The van der Waals surface area contributed by atoms with Crippen LogP contribution in [-0.4, -0.2) is 25.7 Å². The highest BCUT2D eigenvalue weighted by molar-refractivity contribution is 5.76. The standard InChI is InChI=1S/C15H24N2O3/c1-10(2)17-8-12-7-13(19-4)5-6-14(12)20-9-11(3)15(16)18/h5-7,10-11,17H,8-9H2,1-4H3,(H2,16,18). The van der Waals surface area contributed by atoms with E-state index in [4.69, 9.17) is 15.2 Å². The van der Waals surface area contributed by atoms with Crippen LogP contribution in [0.5, 0.6) is 11.5 Å². The first-order valence-electron chi connectivity index (χ1n) is 6.76. The topological polar surface area (TPSA) is 73.6 Å². The number of nitrogens with two attached hydrogens (primary N) is 1. The Kier molecular flexibility index (Phi) is 6.31. The average Bonchev–Trinajstić information content (AvgIpc) is 2.42. The number of hydrogen-bond acceptors (Lipinski definition) is 4. The van der Waals surface area contributed by atoms with Gasteiger partial charge in [-0.1, -0.05) is 20.8 Å². The van der Waals surface area contributed by atoms with Crippen molar-refractivity contribution in [2.75, 3.05) is 13.7 Å². The molecule has 3 N–H and O–H groups in total. The van der Waals surface area contributed by atoms with E-state index in [1.54, 1.807) is 14.0 Å². The molecule has 1 aromatic rings. The number of hydrogen-bond donors (Lipinski definition) is 2. The molecular formula is C15H24N2O3. The maximum Gasteiger partial charge on any atom is 0.223 e. The minimum absolute atomic E-state index is 0.274. The van der Waals surface area contributed by atoms with Crippen molar-refractivity contribution in [2.24, 2.45) is 11.7 Å². The molecule has 5 nitrogen and oxygen atoms in total. The lowest BCUT2D eigenvalue weighted by Crippen LogP contribution is -2.26. The summed E-state index contributed by atoms with van der Waals surface area (Å²) in [5.41, 5.74) is 6.23. The van der Waals surface area contributed by atoms with Crippen molar-refractivity contribution in [1.82, 2.24) is 5.32 Å². The van der Waals surface area contributed by atoms with Gasteiger partial charge in [-0.15, -0.1) is 0 Å². The molecule has 1 aromatic carbocycles. The van der Waals surface area contributed by atoms with Crippen molar-refractivity contribution in [2.45, 2.75) is 33.4 Å². The second-order valence-corrected chi connectivity index (χ2v) is 5.12. The van der Waals surface area contributed by atoms with E-state index < -0.39 is 0 Å². The summed E-state index contributed by atoms with van der Waals surface area (Å²) in [5, 5.41) is 3.34. The summed E-state index contributed by atoms with van der Waals surface area (Å²) in [6, 6.07) is 5.99. The van der Waals surface area contributed by atoms with Gasteiger partial charge in [0.2, 0.25) is 5.91 Å². The van der Waals surface area contributed by atoms with E-state index in [-0.39, 0.29) is 18.4 Å². The van der Waals surface area contributed by atoms with E-state index in [1.165, 1.54) is 0 Å². The lowest BCUT2D eigenvalue weighted by atomic mass is 10.1. The minimum Gasteiger partial charge on any atom is -0.497 e. The van der Waals surface area contributed by atoms with Crippen LogP contribution in [0.3, 0.4) is 0 Å². The van der Waals surface area contributed by atoms with Crippen molar-refractivity contribution < 1.29 is 14.3 Å². The van der Waals surface area contributed by atoms with Gasteiger partial charge in [-0.05, 0) is 18.2 Å². The van der Waals surface area contributed by atoms with E-state index in [0.717, 1.165) is 17.1 Å². The Balaban J connectivity index is 2.79. The maximum absolute atomic E-state index is 11.0. The van der Waals surface area contributed by atoms with Crippen molar-refractivity contribution in [3.8, 4) is 11.5 Å². The lowest BCUT2D eigenvalue weighted by molar-refractivity contribution is -0.122. The first-order valence-corrected chi connectivity index (χ1v) is 6.76. The van der Waals surface area contributed by atoms with Gasteiger partial charge in [0.15, 0.2) is 0 Å². The van der Waals surface area contributed by atoms with Crippen molar-refractivity contribution in [3.05, 3.63) is 23.8 Å². The molecule has 0 aromatic heterocycles. The van der Waals surface area contributed by atoms with Gasteiger partial charge in [0.05, 0.1) is 19.6 Å². The highest BCUT2D eigenvalue weighted by Gasteiger charge is 2.12. The van der Waals surface area contributed by atoms with Crippen molar-refractivity contribution >= 4 is 5.91 Å². The molecule has 0 saturated heterocycles. The monoisotopic (exact) mass is 280 g/mol. The second-order valence-electron chi connectivity index (χ2n) is 5.12. The van der Waals surface area contributed by atoms with Crippen LogP contribution in [0.15, 0.2) is 18.2 Å². The van der Waals surface area contributed by atoms with E-state index in [2.05, 4.69) is 19.2 Å². The summed E-state index contributed by atoms with van der Waals surface area (Å²) < 4.78 is 10.9. The Morgan fingerprint density at radius 1 is 1.35 bits per heavy atom. The molecule has 1 atom stereocenters. The van der Waals surface area contributed by atoms with Crippen LogP contribution in [0.2, 0.25) is 0 Å². The summed E-state index contributed by atoms with van der Waals surface area (Å²) >= 11 is 0. The van der Waals surface area contributed by atoms with Crippen LogP contribution in [0.25, 0.3) is 0 Å². The molecular weight excluding hydrogens is 256 g/mol. The van der Waals surface area contributed by atoms with Crippen LogP contribution in [0.4, 0.5) is 0 Å². The Bertz CT molecular complexity index is 447. The predicted molar refractivity (Wildman–Crippen MR) is 78.8 cm³/mol. The van der Waals surface area contributed by atoms with Gasteiger partial charge in [0.25, 0.3) is 0 Å². The summed E-state index contributed by atoms with van der Waals surface area (Å²) in [7, 11) is 1.63. The molecule has 1 rings (SSSR count). The number of ether oxygens (including phenoxy) is 2. The van der Waals surface area contributed by atoms with Crippen LogP contribution >= 0.6 is 0 Å². The molecule has 0 fully saturated rings. The normalized spacial score (nSPS) is 12.2. The number of carbonyl (C=O) groups is 1. The fourth-order valence-electron chi connectivity index (χ4n) is 1.57. The number of benzene rings is 1. The molecule has 0 radical (unpaired) electrons. The highest BCUT2D eigenvalue weighted by atomic mass is 16.5.